The zero-order valence-electron chi connectivity index (χ0n) is 12.1. The molecule has 3 fully saturated rings. The van der Waals surface area contributed by atoms with Gasteiger partial charge in [0.15, 0.2) is 0 Å². The maximum absolute atomic E-state index is 12.9. The van der Waals surface area contributed by atoms with Crippen molar-refractivity contribution in [2.24, 2.45) is 23.7 Å². The SMILES string of the molecule is O=C1[C@@H]2[C@H]3C[C@H]([C@H](Br)[C@@H]3Br)[C@@H]2C(=O)N1c1cccc(C(F)(F)F)c1. The standard InChI is InChI=1S/C16H12Br2F3NO2/c17-12-8-5-9(13(12)18)11-10(8)14(23)22(15(11)24)7-3-1-2-6(4-7)16(19,20)21/h1-4,8-13H,5H2/t8-,9+,10-,11+,12-,13+. The van der Waals surface area contributed by atoms with Crippen LogP contribution in [0.25, 0.3) is 0 Å². The molecule has 8 heteroatoms. The minimum Gasteiger partial charge on any atom is -0.274 e. The molecule has 2 bridgehead atoms. The predicted octanol–water partition coefficient (Wildman–Crippen LogP) is 3.99. The van der Waals surface area contributed by atoms with Crippen molar-refractivity contribution in [1.29, 1.82) is 0 Å². The summed E-state index contributed by atoms with van der Waals surface area (Å²) in [6.07, 6.45) is -3.73. The van der Waals surface area contributed by atoms with Gasteiger partial charge in [0.25, 0.3) is 0 Å². The first-order chi connectivity index (χ1) is 11.2. The number of rotatable bonds is 1. The molecule has 0 unspecified atom stereocenters. The molecule has 2 aliphatic carbocycles. The zero-order valence-corrected chi connectivity index (χ0v) is 15.3. The summed E-state index contributed by atoms with van der Waals surface area (Å²) in [6, 6.07) is 4.41. The van der Waals surface area contributed by atoms with Crippen LogP contribution in [-0.4, -0.2) is 21.5 Å². The van der Waals surface area contributed by atoms with Gasteiger partial charge < -0.3 is 0 Å². The summed E-state index contributed by atoms with van der Waals surface area (Å²) in [4.78, 5) is 26.7. The maximum atomic E-state index is 12.9. The van der Waals surface area contributed by atoms with Crippen LogP contribution in [0.15, 0.2) is 24.3 Å². The van der Waals surface area contributed by atoms with E-state index in [2.05, 4.69) is 31.9 Å². The van der Waals surface area contributed by atoms with Crippen molar-refractivity contribution in [3.8, 4) is 0 Å². The number of halogens is 5. The van der Waals surface area contributed by atoms with Crippen LogP contribution in [0.3, 0.4) is 0 Å². The molecule has 2 saturated carbocycles. The first kappa shape index (κ1) is 16.6. The summed E-state index contributed by atoms with van der Waals surface area (Å²) in [7, 11) is 0. The highest BCUT2D eigenvalue weighted by Crippen LogP contribution is 2.60. The Morgan fingerprint density at radius 3 is 2.04 bits per heavy atom. The number of nitrogens with zero attached hydrogens (tertiary/aromatic N) is 1. The monoisotopic (exact) mass is 465 g/mol. The Hall–Kier alpha value is -0.890. The van der Waals surface area contributed by atoms with Gasteiger partial charge in [0, 0.05) is 9.65 Å². The van der Waals surface area contributed by atoms with Crippen LogP contribution in [0.1, 0.15) is 12.0 Å². The van der Waals surface area contributed by atoms with E-state index >= 15 is 0 Å². The molecule has 0 aromatic heterocycles. The summed E-state index contributed by atoms with van der Waals surface area (Å²) in [5, 5.41) is 0. The van der Waals surface area contributed by atoms with Gasteiger partial charge in [-0.2, -0.15) is 13.2 Å². The van der Waals surface area contributed by atoms with E-state index in [0.29, 0.717) is 0 Å². The summed E-state index contributed by atoms with van der Waals surface area (Å²) in [5.74, 6) is -1.54. The van der Waals surface area contributed by atoms with Crippen molar-refractivity contribution in [3.63, 3.8) is 0 Å². The van der Waals surface area contributed by atoms with Gasteiger partial charge >= 0.3 is 6.18 Å². The van der Waals surface area contributed by atoms with Crippen LogP contribution in [0.4, 0.5) is 18.9 Å². The zero-order chi connectivity index (χ0) is 17.4. The first-order valence-corrected chi connectivity index (χ1v) is 9.38. The highest BCUT2D eigenvalue weighted by molar-refractivity contribution is 9.12. The van der Waals surface area contributed by atoms with Crippen LogP contribution in [-0.2, 0) is 15.8 Å². The van der Waals surface area contributed by atoms with Crippen molar-refractivity contribution in [2.75, 3.05) is 4.90 Å². The third-order valence-electron chi connectivity index (χ3n) is 5.42. The quantitative estimate of drug-likeness (QED) is 0.463. The molecular weight excluding hydrogens is 455 g/mol. The van der Waals surface area contributed by atoms with Crippen LogP contribution in [0, 0.1) is 23.7 Å². The molecule has 6 atom stereocenters. The lowest BCUT2D eigenvalue weighted by atomic mass is 9.81. The van der Waals surface area contributed by atoms with Crippen molar-refractivity contribution in [3.05, 3.63) is 29.8 Å². The Bertz CT molecular complexity index is 706. The molecular formula is C16H12Br2F3NO2. The van der Waals surface area contributed by atoms with Crippen LogP contribution >= 0.6 is 31.9 Å². The minimum atomic E-state index is -4.52. The Morgan fingerprint density at radius 1 is 1.00 bits per heavy atom. The number of amides is 2. The van der Waals surface area contributed by atoms with E-state index in [1.165, 1.54) is 12.1 Å². The van der Waals surface area contributed by atoms with E-state index in [9.17, 15) is 22.8 Å². The summed E-state index contributed by atoms with van der Waals surface area (Å²) in [6.45, 7) is 0. The molecule has 0 radical (unpaired) electrons. The third kappa shape index (κ3) is 2.14. The fourth-order valence-corrected chi connectivity index (χ4v) is 6.30. The number of benzene rings is 1. The molecule has 3 aliphatic rings. The number of carbonyl (C=O) groups is 2. The average molecular weight is 467 g/mol. The summed E-state index contributed by atoms with van der Waals surface area (Å²) >= 11 is 7.16. The van der Waals surface area contributed by atoms with Crippen LogP contribution < -0.4 is 4.90 Å². The van der Waals surface area contributed by atoms with Crippen LogP contribution in [0.5, 0.6) is 0 Å². The topological polar surface area (TPSA) is 37.4 Å². The fourth-order valence-electron chi connectivity index (χ4n) is 4.42. The lowest BCUT2D eigenvalue weighted by Crippen LogP contribution is -2.37. The number of imide groups is 1. The molecule has 0 spiro atoms. The molecule has 3 nitrogen and oxygen atoms in total. The first-order valence-electron chi connectivity index (χ1n) is 7.55. The van der Waals surface area contributed by atoms with Crippen molar-refractivity contribution in [2.45, 2.75) is 22.3 Å². The van der Waals surface area contributed by atoms with Gasteiger partial charge in [-0.15, -0.1) is 0 Å². The van der Waals surface area contributed by atoms with E-state index in [1.807, 2.05) is 0 Å². The van der Waals surface area contributed by atoms with E-state index in [-0.39, 0.29) is 39.0 Å². The summed E-state index contributed by atoms with van der Waals surface area (Å²) < 4.78 is 38.7. The van der Waals surface area contributed by atoms with Crippen molar-refractivity contribution < 1.29 is 22.8 Å². The second kappa shape index (κ2) is 5.30. The van der Waals surface area contributed by atoms with E-state index in [0.717, 1.165) is 23.5 Å². The van der Waals surface area contributed by atoms with E-state index in [1.54, 1.807) is 0 Å². The molecule has 1 saturated heterocycles. The Labute approximate surface area is 152 Å². The van der Waals surface area contributed by atoms with Gasteiger partial charge in [0.05, 0.1) is 23.1 Å². The molecule has 0 N–H and O–H groups in total. The largest absolute Gasteiger partial charge is 0.416 e. The molecule has 24 heavy (non-hydrogen) atoms. The lowest BCUT2D eigenvalue weighted by Gasteiger charge is -2.28. The Morgan fingerprint density at radius 2 is 1.54 bits per heavy atom. The number of hydrogen-bond donors (Lipinski definition) is 0. The van der Waals surface area contributed by atoms with Gasteiger partial charge in [-0.25, -0.2) is 0 Å². The second-order valence-electron chi connectivity index (χ2n) is 6.56. The molecule has 1 aromatic rings. The lowest BCUT2D eigenvalue weighted by molar-refractivity contribution is -0.137. The van der Waals surface area contributed by atoms with Crippen molar-refractivity contribution in [1.82, 2.24) is 0 Å². The maximum Gasteiger partial charge on any atom is 0.416 e. The van der Waals surface area contributed by atoms with Gasteiger partial charge in [-0.1, -0.05) is 37.9 Å². The molecule has 1 aromatic carbocycles. The number of hydrogen-bond acceptors (Lipinski definition) is 2. The van der Waals surface area contributed by atoms with E-state index < -0.39 is 23.6 Å². The molecule has 128 valence electrons. The normalized spacial score (nSPS) is 38.1. The number of alkyl halides is 5. The molecule has 1 aliphatic heterocycles. The van der Waals surface area contributed by atoms with Gasteiger partial charge in [-0.3, -0.25) is 14.5 Å². The van der Waals surface area contributed by atoms with Crippen LogP contribution in [0.2, 0.25) is 0 Å². The summed E-state index contributed by atoms with van der Waals surface area (Å²) in [5.41, 5.74) is -0.858. The fraction of sp³-hybridized carbons (Fsp3) is 0.500. The highest BCUT2D eigenvalue weighted by Gasteiger charge is 2.66. The third-order valence-corrected chi connectivity index (χ3v) is 8.63. The van der Waals surface area contributed by atoms with Gasteiger partial charge in [0.1, 0.15) is 0 Å². The number of anilines is 1. The predicted molar refractivity (Wildman–Crippen MR) is 87.9 cm³/mol. The smallest absolute Gasteiger partial charge is 0.274 e. The second-order valence-corrected chi connectivity index (χ2v) is 8.68. The average Bonchev–Trinajstić information content (AvgIpc) is 3.12. The molecule has 1 heterocycles. The Kier molecular flexibility index (Phi) is 3.66. The molecule has 2 amide bonds. The van der Waals surface area contributed by atoms with Gasteiger partial charge in [0.2, 0.25) is 11.8 Å². The van der Waals surface area contributed by atoms with Gasteiger partial charge in [-0.05, 0) is 36.5 Å². The van der Waals surface area contributed by atoms with E-state index in [4.69, 9.17) is 0 Å². The highest BCUT2D eigenvalue weighted by atomic mass is 79.9. The van der Waals surface area contributed by atoms with Crippen molar-refractivity contribution >= 4 is 49.4 Å². The number of carbonyl (C=O) groups excluding carboxylic acids is 2. The number of fused-ring (bicyclic) bond motifs is 5. The Balaban J connectivity index is 1.72. The molecule has 4 rings (SSSR count). The minimum absolute atomic E-state index is 0.00544.